The predicted molar refractivity (Wildman–Crippen MR) is 81.3 cm³/mol. The number of hydrogen-bond acceptors (Lipinski definition) is 4. The molecule has 2 unspecified atom stereocenters. The molecule has 0 saturated heterocycles. The highest BCUT2D eigenvalue weighted by Crippen LogP contribution is 2.24. The molecule has 0 radical (unpaired) electrons. The van der Waals surface area contributed by atoms with Gasteiger partial charge in [0.1, 0.15) is 9.88 Å². The molecule has 0 aliphatic heterocycles. The molecule has 1 aromatic carbocycles. The van der Waals surface area contributed by atoms with Gasteiger partial charge in [-0.15, -0.1) is 11.3 Å². The molecule has 0 aliphatic rings. The van der Waals surface area contributed by atoms with E-state index in [2.05, 4.69) is 10.3 Å². The average Bonchev–Trinajstić information content (AvgIpc) is 2.97. The van der Waals surface area contributed by atoms with Crippen molar-refractivity contribution in [3.05, 3.63) is 41.4 Å². The number of hydrogen-bond donors (Lipinski definition) is 2. The quantitative estimate of drug-likeness (QED) is 0.890. The molecule has 1 aromatic heterocycles. The van der Waals surface area contributed by atoms with Gasteiger partial charge in [-0.1, -0.05) is 30.3 Å². The van der Waals surface area contributed by atoms with Crippen LogP contribution in [0.5, 0.6) is 0 Å². The van der Waals surface area contributed by atoms with Crippen LogP contribution in [0, 0.1) is 5.92 Å². The fourth-order valence-corrected chi connectivity index (χ4v) is 2.53. The van der Waals surface area contributed by atoms with E-state index in [4.69, 9.17) is 5.11 Å². The molecule has 2 N–H and O–H groups in total. The molecule has 2 rings (SSSR count). The van der Waals surface area contributed by atoms with Crippen LogP contribution in [0.2, 0.25) is 0 Å². The number of aromatic nitrogens is 1. The van der Waals surface area contributed by atoms with E-state index >= 15 is 0 Å². The lowest BCUT2D eigenvalue weighted by atomic mass is 10.0. The molecule has 1 heterocycles. The number of carbonyl (C=O) groups excluding carboxylic acids is 1. The van der Waals surface area contributed by atoms with Crippen LogP contribution in [0.15, 0.2) is 36.5 Å². The van der Waals surface area contributed by atoms with Gasteiger partial charge in [0.2, 0.25) is 0 Å². The summed E-state index contributed by atoms with van der Waals surface area (Å²) in [7, 11) is 0. The number of nitrogens with one attached hydrogen (secondary N) is 1. The van der Waals surface area contributed by atoms with E-state index in [1.165, 1.54) is 17.5 Å². The Bertz CT molecular complexity index is 639. The molecular weight excluding hydrogens is 288 g/mol. The molecule has 1 amide bonds. The molecular formula is C15H16N2O3S. The largest absolute Gasteiger partial charge is 0.481 e. The van der Waals surface area contributed by atoms with E-state index in [-0.39, 0.29) is 5.91 Å². The van der Waals surface area contributed by atoms with Crippen LogP contribution in [-0.2, 0) is 4.79 Å². The van der Waals surface area contributed by atoms with Crippen LogP contribution in [0.1, 0.15) is 23.5 Å². The fourth-order valence-electron chi connectivity index (χ4n) is 1.71. The van der Waals surface area contributed by atoms with E-state index in [0.29, 0.717) is 4.88 Å². The molecule has 0 spiro atoms. The summed E-state index contributed by atoms with van der Waals surface area (Å²) in [6.07, 6.45) is 1.51. The third kappa shape index (κ3) is 3.66. The number of nitrogens with zero attached hydrogens (tertiary/aromatic N) is 1. The number of benzene rings is 1. The van der Waals surface area contributed by atoms with Gasteiger partial charge in [-0.25, -0.2) is 4.98 Å². The number of carboxylic acids is 1. The minimum atomic E-state index is -0.933. The van der Waals surface area contributed by atoms with Crippen molar-refractivity contribution in [3.8, 4) is 10.6 Å². The van der Waals surface area contributed by atoms with Crippen molar-refractivity contribution in [3.63, 3.8) is 0 Å². The zero-order chi connectivity index (χ0) is 15.4. The summed E-state index contributed by atoms with van der Waals surface area (Å²) in [5.41, 5.74) is 0.952. The molecule has 2 aromatic rings. The number of rotatable bonds is 5. The molecule has 110 valence electrons. The smallest absolute Gasteiger partial charge is 0.308 e. The molecule has 2 atom stereocenters. The first kappa shape index (κ1) is 15.2. The van der Waals surface area contributed by atoms with Crippen LogP contribution in [-0.4, -0.2) is 28.0 Å². The van der Waals surface area contributed by atoms with Crippen LogP contribution in [0.3, 0.4) is 0 Å². The van der Waals surface area contributed by atoms with Crippen LogP contribution in [0.4, 0.5) is 0 Å². The molecule has 0 aliphatic carbocycles. The average molecular weight is 304 g/mol. The summed E-state index contributed by atoms with van der Waals surface area (Å²) < 4.78 is 0. The van der Waals surface area contributed by atoms with Gasteiger partial charge in [-0.3, -0.25) is 9.59 Å². The molecule has 0 saturated carbocycles. The minimum absolute atomic E-state index is 0.296. The highest BCUT2D eigenvalue weighted by Gasteiger charge is 2.22. The number of aliphatic carboxylic acids is 1. The summed E-state index contributed by atoms with van der Waals surface area (Å²) in [6, 6.07) is 9.14. The summed E-state index contributed by atoms with van der Waals surface area (Å²) >= 11 is 1.29. The van der Waals surface area contributed by atoms with Gasteiger partial charge in [0, 0.05) is 11.6 Å². The topological polar surface area (TPSA) is 79.3 Å². The number of carboxylic acid groups (broad SMARTS) is 1. The Balaban J connectivity index is 2.08. The number of thiazole rings is 1. The lowest BCUT2D eigenvalue weighted by molar-refractivity contribution is -0.141. The summed E-state index contributed by atoms with van der Waals surface area (Å²) in [6.45, 7) is 3.24. The molecule has 5 nitrogen and oxygen atoms in total. The molecule has 6 heteroatoms. The zero-order valence-electron chi connectivity index (χ0n) is 11.7. The first-order chi connectivity index (χ1) is 9.99. The summed E-state index contributed by atoms with van der Waals surface area (Å²) in [4.78, 5) is 27.7. The van der Waals surface area contributed by atoms with Crippen molar-refractivity contribution in [2.75, 3.05) is 0 Å². The highest BCUT2D eigenvalue weighted by molar-refractivity contribution is 7.16. The van der Waals surface area contributed by atoms with Gasteiger partial charge in [0.15, 0.2) is 0 Å². The maximum Gasteiger partial charge on any atom is 0.308 e. The van der Waals surface area contributed by atoms with Crippen molar-refractivity contribution in [2.24, 2.45) is 5.92 Å². The Morgan fingerprint density at radius 2 is 1.90 bits per heavy atom. The van der Waals surface area contributed by atoms with Crippen LogP contribution >= 0.6 is 11.3 Å². The maximum atomic E-state index is 12.1. The third-order valence-corrected chi connectivity index (χ3v) is 4.29. The monoisotopic (exact) mass is 304 g/mol. The highest BCUT2D eigenvalue weighted by atomic mass is 32.1. The van der Waals surface area contributed by atoms with Gasteiger partial charge in [-0.2, -0.15) is 0 Å². The minimum Gasteiger partial charge on any atom is -0.481 e. The van der Waals surface area contributed by atoms with E-state index in [1.807, 2.05) is 30.3 Å². The van der Waals surface area contributed by atoms with Crippen molar-refractivity contribution in [1.82, 2.24) is 10.3 Å². The van der Waals surface area contributed by atoms with Gasteiger partial charge in [0.25, 0.3) is 5.91 Å². The molecule has 0 bridgehead atoms. The normalized spacial score (nSPS) is 13.4. The Labute approximate surface area is 126 Å². The van der Waals surface area contributed by atoms with Crippen LogP contribution in [0.25, 0.3) is 10.6 Å². The molecule has 0 fully saturated rings. The zero-order valence-corrected chi connectivity index (χ0v) is 12.6. The van der Waals surface area contributed by atoms with E-state index < -0.39 is 17.9 Å². The Hall–Kier alpha value is -2.21. The SMILES string of the molecule is CC(NC(=O)c1cnc(-c2ccccc2)s1)C(C)C(=O)O. The van der Waals surface area contributed by atoms with Gasteiger partial charge in [-0.05, 0) is 13.8 Å². The first-order valence-corrected chi connectivity index (χ1v) is 7.35. The maximum absolute atomic E-state index is 12.1. The first-order valence-electron chi connectivity index (χ1n) is 6.54. The van der Waals surface area contributed by atoms with Gasteiger partial charge >= 0.3 is 5.97 Å². The number of amides is 1. The third-order valence-electron chi connectivity index (χ3n) is 3.25. The Morgan fingerprint density at radius 1 is 1.24 bits per heavy atom. The lowest BCUT2D eigenvalue weighted by Crippen LogP contribution is -2.39. The Kier molecular flexibility index (Phi) is 4.70. The Morgan fingerprint density at radius 3 is 2.52 bits per heavy atom. The molecule has 21 heavy (non-hydrogen) atoms. The van der Waals surface area contributed by atoms with E-state index in [0.717, 1.165) is 10.6 Å². The van der Waals surface area contributed by atoms with Crippen molar-refractivity contribution in [2.45, 2.75) is 19.9 Å². The fraction of sp³-hybridized carbons (Fsp3) is 0.267. The van der Waals surface area contributed by atoms with Crippen LogP contribution < -0.4 is 5.32 Å². The van der Waals surface area contributed by atoms with Crippen molar-refractivity contribution < 1.29 is 14.7 Å². The van der Waals surface area contributed by atoms with Gasteiger partial charge in [0.05, 0.1) is 12.1 Å². The lowest BCUT2D eigenvalue weighted by Gasteiger charge is -2.16. The predicted octanol–water partition coefficient (Wildman–Crippen LogP) is 2.65. The second-order valence-electron chi connectivity index (χ2n) is 4.78. The summed E-state index contributed by atoms with van der Waals surface area (Å²) in [5.74, 6) is -1.87. The second kappa shape index (κ2) is 6.49. The van der Waals surface area contributed by atoms with E-state index in [1.54, 1.807) is 13.8 Å². The van der Waals surface area contributed by atoms with E-state index in [9.17, 15) is 9.59 Å². The van der Waals surface area contributed by atoms with Crippen molar-refractivity contribution >= 4 is 23.2 Å². The number of carbonyl (C=O) groups is 2. The van der Waals surface area contributed by atoms with Gasteiger partial charge < -0.3 is 10.4 Å². The second-order valence-corrected chi connectivity index (χ2v) is 5.82. The standard InChI is InChI=1S/C15H16N2O3S/c1-9(15(19)20)10(2)17-13(18)12-8-16-14(21-12)11-6-4-3-5-7-11/h3-10H,1-2H3,(H,17,18)(H,19,20). The summed E-state index contributed by atoms with van der Waals surface area (Å²) in [5, 5.41) is 12.4. The van der Waals surface area contributed by atoms with Crippen molar-refractivity contribution in [1.29, 1.82) is 0 Å².